The molecule has 2 heterocycles. The standard InChI is InChI=1S/C8H10N6O3/c9-5(16)3-1-4(15)14(2-3)7-11-6(10)12-8(17)13-7/h3H,1-2H2,(H2,9,16)(H3,10,11,12,13,17). The summed E-state index contributed by atoms with van der Waals surface area (Å²) in [5, 5.41) is 0. The molecule has 9 nitrogen and oxygen atoms in total. The lowest BCUT2D eigenvalue weighted by atomic mass is 10.1. The highest BCUT2D eigenvalue weighted by molar-refractivity contribution is 5.98. The van der Waals surface area contributed by atoms with E-state index in [0.29, 0.717) is 0 Å². The number of carbonyl (C=O) groups is 2. The number of nitrogens with two attached hydrogens (primary N) is 2. The van der Waals surface area contributed by atoms with E-state index in [2.05, 4.69) is 15.0 Å². The predicted octanol–water partition coefficient (Wildman–Crippen LogP) is -2.41. The van der Waals surface area contributed by atoms with E-state index in [1.807, 2.05) is 0 Å². The molecule has 1 aromatic rings. The van der Waals surface area contributed by atoms with Crippen LogP contribution in [0.15, 0.2) is 4.79 Å². The maximum absolute atomic E-state index is 11.6. The fraction of sp³-hybridized carbons (Fsp3) is 0.375. The van der Waals surface area contributed by atoms with Crippen LogP contribution in [0.25, 0.3) is 0 Å². The molecule has 0 aliphatic carbocycles. The number of nitrogens with zero attached hydrogens (tertiary/aromatic N) is 3. The van der Waals surface area contributed by atoms with Crippen LogP contribution in [0, 0.1) is 5.92 Å². The van der Waals surface area contributed by atoms with Gasteiger partial charge in [0, 0.05) is 13.0 Å². The van der Waals surface area contributed by atoms with Gasteiger partial charge in [-0.2, -0.15) is 9.97 Å². The van der Waals surface area contributed by atoms with Gasteiger partial charge in [0.05, 0.1) is 5.92 Å². The Bertz CT molecular complexity index is 538. The minimum atomic E-state index is -0.706. The molecular weight excluding hydrogens is 228 g/mol. The molecule has 1 aliphatic heterocycles. The van der Waals surface area contributed by atoms with Crippen molar-refractivity contribution in [3.05, 3.63) is 10.5 Å². The number of H-pyrrole nitrogens is 1. The summed E-state index contributed by atoms with van der Waals surface area (Å²) in [6, 6.07) is 0. The molecule has 9 heteroatoms. The molecule has 0 radical (unpaired) electrons. The number of rotatable bonds is 2. The van der Waals surface area contributed by atoms with Crippen molar-refractivity contribution >= 4 is 23.7 Å². The maximum atomic E-state index is 11.6. The number of primary amides is 1. The Morgan fingerprint density at radius 1 is 1.41 bits per heavy atom. The smallest absolute Gasteiger partial charge is 0.351 e. The minimum Gasteiger partial charge on any atom is -0.369 e. The second kappa shape index (κ2) is 3.85. The third kappa shape index (κ3) is 2.07. The Labute approximate surface area is 94.8 Å². The number of hydrogen-bond donors (Lipinski definition) is 3. The molecule has 1 unspecified atom stereocenters. The summed E-state index contributed by atoms with van der Waals surface area (Å²) in [6.07, 6.45) is -0.00853. The third-order valence-electron chi connectivity index (χ3n) is 2.43. The maximum Gasteiger partial charge on any atom is 0.351 e. The molecule has 1 aromatic heterocycles. The Kier molecular flexibility index (Phi) is 2.50. The summed E-state index contributed by atoms with van der Waals surface area (Å²) >= 11 is 0. The molecular formula is C8H10N6O3. The summed E-state index contributed by atoms with van der Waals surface area (Å²) in [7, 11) is 0. The van der Waals surface area contributed by atoms with Crippen LogP contribution in [-0.2, 0) is 9.59 Å². The molecule has 17 heavy (non-hydrogen) atoms. The van der Waals surface area contributed by atoms with Crippen LogP contribution in [0.2, 0.25) is 0 Å². The molecule has 1 saturated heterocycles. The zero-order chi connectivity index (χ0) is 12.6. The first kappa shape index (κ1) is 11.0. The van der Waals surface area contributed by atoms with Crippen LogP contribution in [0.4, 0.5) is 11.9 Å². The fourth-order valence-corrected chi connectivity index (χ4v) is 1.60. The first-order valence-corrected chi connectivity index (χ1v) is 4.81. The number of aromatic amines is 1. The average Bonchev–Trinajstić information content (AvgIpc) is 2.59. The van der Waals surface area contributed by atoms with Crippen molar-refractivity contribution in [2.75, 3.05) is 17.2 Å². The summed E-state index contributed by atoms with van der Waals surface area (Å²) in [4.78, 5) is 44.2. The Balaban J connectivity index is 2.32. The van der Waals surface area contributed by atoms with Crippen molar-refractivity contribution < 1.29 is 9.59 Å². The molecule has 5 N–H and O–H groups in total. The fourth-order valence-electron chi connectivity index (χ4n) is 1.60. The van der Waals surface area contributed by atoms with E-state index in [1.165, 1.54) is 0 Å². The van der Waals surface area contributed by atoms with Crippen LogP contribution in [0.3, 0.4) is 0 Å². The van der Waals surface area contributed by atoms with Crippen LogP contribution >= 0.6 is 0 Å². The van der Waals surface area contributed by atoms with Crippen LogP contribution in [0.1, 0.15) is 6.42 Å². The summed E-state index contributed by atoms with van der Waals surface area (Å²) in [5.41, 5.74) is 9.73. The molecule has 2 amide bonds. The van der Waals surface area contributed by atoms with Crippen LogP contribution < -0.4 is 22.1 Å². The van der Waals surface area contributed by atoms with Gasteiger partial charge in [-0.05, 0) is 0 Å². The van der Waals surface area contributed by atoms with Crippen molar-refractivity contribution in [3.8, 4) is 0 Å². The zero-order valence-electron chi connectivity index (χ0n) is 8.71. The number of nitrogen functional groups attached to an aromatic ring is 1. The van der Waals surface area contributed by atoms with E-state index in [1.54, 1.807) is 0 Å². The van der Waals surface area contributed by atoms with E-state index < -0.39 is 17.5 Å². The Hall–Kier alpha value is -2.45. The van der Waals surface area contributed by atoms with E-state index in [0.717, 1.165) is 4.90 Å². The molecule has 1 fully saturated rings. The number of hydrogen-bond acceptors (Lipinski definition) is 6. The first-order chi connectivity index (χ1) is 7.97. The van der Waals surface area contributed by atoms with E-state index >= 15 is 0 Å². The van der Waals surface area contributed by atoms with Gasteiger partial charge in [-0.1, -0.05) is 0 Å². The van der Waals surface area contributed by atoms with Crippen LogP contribution in [0.5, 0.6) is 0 Å². The highest BCUT2D eigenvalue weighted by atomic mass is 16.2. The lowest BCUT2D eigenvalue weighted by molar-refractivity contribution is -0.123. The molecule has 90 valence electrons. The third-order valence-corrected chi connectivity index (χ3v) is 2.43. The van der Waals surface area contributed by atoms with E-state index in [4.69, 9.17) is 11.5 Å². The van der Waals surface area contributed by atoms with Gasteiger partial charge < -0.3 is 11.5 Å². The van der Waals surface area contributed by atoms with Crippen molar-refractivity contribution in [2.45, 2.75) is 6.42 Å². The number of nitrogens with one attached hydrogen (secondary N) is 1. The van der Waals surface area contributed by atoms with Crippen LogP contribution in [-0.4, -0.2) is 33.3 Å². The zero-order valence-corrected chi connectivity index (χ0v) is 8.71. The van der Waals surface area contributed by atoms with Crippen molar-refractivity contribution in [3.63, 3.8) is 0 Å². The predicted molar refractivity (Wildman–Crippen MR) is 56.7 cm³/mol. The van der Waals surface area contributed by atoms with Gasteiger partial charge in [0.2, 0.25) is 23.7 Å². The lowest BCUT2D eigenvalue weighted by Crippen LogP contribution is -2.31. The van der Waals surface area contributed by atoms with Crippen molar-refractivity contribution in [2.24, 2.45) is 11.7 Å². The Morgan fingerprint density at radius 2 is 2.12 bits per heavy atom. The van der Waals surface area contributed by atoms with Crippen molar-refractivity contribution in [1.82, 2.24) is 15.0 Å². The van der Waals surface area contributed by atoms with E-state index in [9.17, 15) is 14.4 Å². The highest BCUT2D eigenvalue weighted by Crippen LogP contribution is 2.21. The number of aromatic nitrogens is 3. The molecule has 2 rings (SSSR count). The van der Waals surface area contributed by atoms with Gasteiger partial charge in [0.15, 0.2) is 0 Å². The summed E-state index contributed by atoms with van der Waals surface area (Å²) < 4.78 is 0. The quantitative estimate of drug-likeness (QED) is 0.522. The molecule has 0 aromatic carbocycles. The van der Waals surface area contributed by atoms with Gasteiger partial charge in [-0.25, -0.2) is 4.79 Å². The SMILES string of the molecule is NC(=O)C1CC(=O)N(c2nc(N)[nH]c(=O)n2)C1. The Morgan fingerprint density at radius 3 is 2.65 bits per heavy atom. The molecule has 1 aliphatic rings. The normalized spacial score (nSPS) is 19.6. The first-order valence-electron chi connectivity index (χ1n) is 4.81. The van der Waals surface area contributed by atoms with Gasteiger partial charge in [-0.15, -0.1) is 0 Å². The molecule has 0 spiro atoms. The largest absolute Gasteiger partial charge is 0.369 e. The van der Waals surface area contributed by atoms with Crippen molar-refractivity contribution in [1.29, 1.82) is 0 Å². The summed E-state index contributed by atoms with van der Waals surface area (Å²) in [6.45, 7) is 0.0665. The van der Waals surface area contributed by atoms with Gasteiger partial charge in [0.1, 0.15) is 0 Å². The number of amides is 2. The number of anilines is 2. The molecule has 0 saturated carbocycles. The van der Waals surface area contributed by atoms with Gasteiger partial charge in [0.25, 0.3) is 0 Å². The summed E-state index contributed by atoms with van der Waals surface area (Å²) in [5.74, 6) is -1.78. The minimum absolute atomic E-state index is 0.00853. The van der Waals surface area contributed by atoms with Gasteiger partial charge >= 0.3 is 5.69 Å². The monoisotopic (exact) mass is 238 g/mol. The lowest BCUT2D eigenvalue weighted by Gasteiger charge is -2.12. The average molecular weight is 238 g/mol. The van der Waals surface area contributed by atoms with Gasteiger partial charge in [-0.3, -0.25) is 19.5 Å². The molecule has 0 bridgehead atoms. The second-order valence-corrected chi connectivity index (χ2v) is 3.65. The number of carbonyl (C=O) groups excluding carboxylic acids is 2. The highest BCUT2D eigenvalue weighted by Gasteiger charge is 2.35. The topological polar surface area (TPSA) is 148 Å². The molecule has 1 atom stereocenters. The second-order valence-electron chi connectivity index (χ2n) is 3.65. The van der Waals surface area contributed by atoms with E-state index in [-0.39, 0.29) is 30.8 Å².